The molecule has 4 rings (SSSR count). The van der Waals surface area contributed by atoms with Gasteiger partial charge in [-0.3, -0.25) is 4.79 Å². The van der Waals surface area contributed by atoms with Gasteiger partial charge in [0.2, 0.25) is 0 Å². The highest BCUT2D eigenvalue weighted by atomic mass is 32.1. The number of ketones is 1. The van der Waals surface area contributed by atoms with Crippen LogP contribution in [0.25, 0.3) is 15.9 Å². The fraction of sp³-hybridized carbons (Fsp3) is 0.316. The van der Waals surface area contributed by atoms with Crippen LogP contribution in [0.2, 0.25) is 0 Å². The van der Waals surface area contributed by atoms with Gasteiger partial charge in [0.25, 0.3) is 0 Å². The number of halogens is 1. The SMILES string of the molecule is Cc1nn(-c2ccc(F)cc2)c2sc(C(=O)OC3CCCCC3=O)cc12. The minimum atomic E-state index is -0.629. The number of rotatable bonds is 3. The highest BCUT2D eigenvalue weighted by Crippen LogP contribution is 2.31. The summed E-state index contributed by atoms with van der Waals surface area (Å²) >= 11 is 1.26. The van der Waals surface area contributed by atoms with Gasteiger partial charge in [-0.05, 0) is 56.5 Å². The van der Waals surface area contributed by atoms with Crippen molar-refractivity contribution in [2.24, 2.45) is 0 Å². The number of fused-ring (bicyclic) bond motifs is 1. The second-order valence-corrected chi connectivity index (χ2v) is 7.44. The molecule has 0 spiro atoms. The van der Waals surface area contributed by atoms with Crippen LogP contribution in [-0.4, -0.2) is 27.6 Å². The number of aromatic nitrogens is 2. The minimum Gasteiger partial charge on any atom is -0.450 e. The van der Waals surface area contributed by atoms with E-state index in [1.807, 2.05) is 6.92 Å². The Labute approximate surface area is 153 Å². The van der Waals surface area contributed by atoms with Gasteiger partial charge in [0.15, 0.2) is 11.9 Å². The molecule has 1 aliphatic carbocycles. The number of esters is 1. The lowest BCUT2D eigenvalue weighted by Gasteiger charge is -2.20. The zero-order valence-corrected chi connectivity index (χ0v) is 15.0. The number of carbonyl (C=O) groups excluding carboxylic acids is 2. The molecule has 1 aliphatic rings. The molecule has 0 N–H and O–H groups in total. The highest BCUT2D eigenvalue weighted by Gasteiger charge is 2.27. The van der Waals surface area contributed by atoms with Gasteiger partial charge in [-0.2, -0.15) is 5.10 Å². The molecule has 1 aromatic carbocycles. The van der Waals surface area contributed by atoms with Crippen LogP contribution < -0.4 is 0 Å². The van der Waals surface area contributed by atoms with E-state index < -0.39 is 12.1 Å². The molecule has 3 aromatic rings. The summed E-state index contributed by atoms with van der Waals surface area (Å²) in [6.07, 6.45) is 2.20. The Morgan fingerprint density at radius 3 is 2.81 bits per heavy atom. The Morgan fingerprint density at radius 2 is 2.08 bits per heavy atom. The van der Waals surface area contributed by atoms with Crippen LogP contribution in [0.1, 0.15) is 41.0 Å². The van der Waals surface area contributed by atoms with Crippen LogP contribution in [0.5, 0.6) is 0 Å². The monoisotopic (exact) mass is 372 g/mol. The molecule has 1 unspecified atom stereocenters. The molecular weight excluding hydrogens is 355 g/mol. The van der Waals surface area contributed by atoms with Gasteiger partial charge in [0, 0.05) is 11.8 Å². The number of Topliss-reactive ketones (excluding diaryl/α,β-unsaturated/α-hetero) is 1. The lowest BCUT2D eigenvalue weighted by atomic mass is 9.96. The number of nitrogens with zero attached hydrogens (tertiary/aromatic N) is 2. The summed E-state index contributed by atoms with van der Waals surface area (Å²) in [5, 5.41) is 5.32. The Balaban J connectivity index is 1.65. The minimum absolute atomic E-state index is 0.000575. The van der Waals surface area contributed by atoms with Crippen molar-refractivity contribution >= 4 is 33.3 Å². The Morgan fingerprint density at radius 1 is 1.31 bits per heavy atom. The summed E-state index contributed by atoms with van der Waals surface area (Å²) in [5.74, 6) is -0.794. The molecule has 1 fully saturated rings. The second-order valence-electron chi connectivity index (χ2n) is 6.41. The number of benzene rings is 1. The Bertz CT molecular complexity index is 990. The van der Waals surface area contributed by atoms with Crippen LogP contribution in [0.4, 0.5) is 4.39 Å². The van der Waals surface area contributed by atoms with E-state index in [0.29, 0.717) is 23.4 Å². The molecule has 7 heteroatoms. The molecule has 1 saturated carbocycles. The number of aryl methyl sites for hydroxylation is 1. The first kappa shape index (κ1) is 16.9. The smallest absolute Gasteiger partial charge is 0.349 e. The predicted octanol–water partition coefficient (Wildman–Crippen LogP) is 4.20. The molecule has 2 aromatic heterocycles. The molecule has 0 radical (unpaired) electrons. The van der Waals surface area contributed by atoms with E-state index in [1.165, 1.54) is 23.5 Å². The van der Waals surface area contributed by atoms with E-state index in [2.05, 4.69) is 5.10 Å². The number of hydrogen-bond donors (Lipinski definition) is 0. The number of ether oxygens (including phenoxy) is 1. The Hall–Kier alpha value is -2.54. The van der Waals surface area contributed by atoms with Crippen molar-refractivity contribution in [1.29, 1.82) is 0 Å². The first-order valence-corrected chi connectivity index (χ1v) is 9.33. The molecule has 0 saturated heterocycles. The maximum absolute atomic E-state index is 13.2. The van der Waals surface area contributed by atoms with E-state index >= 15 is 0 Å². The molecule has 26 heavy (non-hydrogen) atoms. The van der Waals surface area contributed by atoms with Crippen molar-refractivity contribution in [3.05, 3.63) is 46.7 Å². The van der Waals surface area contributed by atoms with Crippen LogP contribution in [0.15, 0.2) is 30.3 Å². The summed E-state index contributed by atoms with van der Waals surface area (Å²) in [6.45, 7) is 1.86. The molecule has 134 valence electrons. The quantitative estimate of drug-likeness (QED) is 0.647. The number of carbonyl (C=O) groups is 2. The predicted molar refractivity (Wildman–Crippen MR) is 96.3 cm³/mol. The second kappa shape index (κ2) is 6.64. The Kier molecular flexibility index (Phi) is 4.32. The van der Waals surface area contributed by atoms with Crippen LogP contribution >= 0.6 is 11.3 Å². The van der Waals surface area contributed by atoms with Crippen molar-refractivity contribution in [1.82, 2.24) is 9.78 Å². The largest absolute Gasteiger partial charge is 0.450 e. The molecule has 0 bridgehead atoms. The van der Waals surface area contributed by atoms with E-state index in [1.54, 1.807) is 22.9 Å². The molecule has 0 amide bonds. The van der Waals surface area contributed by atoms with Gasteiger partial charge in [0.1, 0.15) is 15.5 Å². The summed E-state index contributed by atoms with van der Waals surface area (Å²) in [4.78, 5) is 25.6. The van der Waals surface area contributed by atoms with Crippen molar-refractivity contribution in [3.63, 3.8) is 0 Å². The normalized spacial score (nSPS) is 17.6. The number of hydrogen-bond acceptors (Lipinski definition) is 5. The molecular formula is C19H17FN2O3S. The van der Waals surface area contributed by atoms with Crippen LogP contribution in [-0.2, 0) is 9.53 Å². The summed E-state index contributed by atoms with van der Waals surface area (Å²) in [7, 11) is 0. The zero-order valence-electron chi connectivity index (χ0n) is 14.2. The van der Waals surface area contributed by atoms with Crippen LogP contribution in [0.3, 0.4) is 0 Å². The average molecular weight is 372 g/mol. The van der Waals surface area contributed by atoms with Gasteiger partial charge in [-0.25, -0.2) is 13.9 Å². The van der Waals surface area contributed by atoms with Crippen molar-refractivity contribution in [3.8, 4) is 5.69 Å². The van der Waals surface area contributed by atoms with Gasteiger partial charge in [-0.15, -0.1) is 11.3 Å². The highest BCUT2D eigenvalue weighted by molar-refractivity contribution is 7.20. The maximum Gasteiger partial charge on any atom is 0.349 e. The fourth-order valence-electron chi connectivity index (χ4n) is 3.17. The van der Waals surface area contributed by atoms with E-state index in [4.69, 9.17) is 4.74 Å². The molecule has 1 atom stereocenters. The van der Waals surface area contributed by atoms with Gasteiger partial charge in [0.05, 0.1) is 11.4 Å². The summed E-state index contributed by atoms with van der Waals surface area (Å²) < 4.78 is 20.3. The molecule has 5 nitrogen and oxygen atoms in total. The van der Waals surface area contributed by atoms with Crippen molar-refractivity contribution in [2.45, 2.75) is 38.7 Å². The summed E-state index contributed by atoms with van der Waals surface area (Å²) in [6, 6.07) is 7.77. The topological polar surface area (TPSA) is 61.2 Å². The van der Waals surface area contributed by atoms with Crippen LogP contribution in [0, 0.1) is 12.7 Å². The third-order valence-electron chi connectivity index (χ3n) is 4.56. The maximum atomic E-state index is 13.2. The fourth-order valence-corrected chi connectivity index (χ4v) is 4.23. The summed E-state index contributed by atoms with van der Waals surface area (Å²) in [5.41, 5.74) is 1.49. The molecule has 0 aliphatic heterocycles. The van der Waals surface area contributed by atoms with Gasteiger partial charge >= 0.3 is 5.97 Å². The van der Waals surface area contributed by atoms with E-state index in [-0.39, 0.29) is 11.6 Å². The van der Waals surface area contributed by atoms with Crippen molar-refractivity contribution in [2.75, 3.05) is 0 Å². The van der Waals surface area contributed by atoms with E-state index in [0.717, 1.165) is 28.8 Å². The third-order valence-corrected chi connectivity index (χ3v) is 5.66. The first-order chi connectivity index (χ1) is 12.5. The van der Waals surface area contributed by atoms with Crippen molar-refractivity contribution < 1.29 is 18.7 Å². The number of thiophene rings is 1. The zero-order chi connectivity index (χ0) is 18.3. The first-order valence-electron chi connectivity index (χ1n) is 8.52. The van der Waals surface area contributed by atoms with Gasteiger partial charge in [-0.1, -0.05) is 0 Å². The average Bonchev–Trinajstić information content (AvgIpc) is 3.19. The van der Waals surface area contributed by atoms with Gasteiger partial charge < -0.3 is 4.74 Å². The lowest BCUT2D eigenvalue weighted by Crippen LogP contribution is -2.29. The van der Waals surface area contributed by atoms with E-state index in [9.17, 15) is 14.0 Å². The molecule has 2 heterocycles. The third kappa shape index (κ3) is 3.03. The lowest BCUT2D eigenvalue weighted by molar-refractivity contribution is -0.129. The standard InChI is InChI=1S/C19H17FN2O3S/c1-11-14-10-17(19(24)25-16-5-3-2-4-15(16)23)26-18(14)22(21-11)13-8-6-12(20)7-9-13/h6-10,16H,2-5H2,1H3.